The zero-order valence-corrected chi connectivity index (χ0v) is 10.4. The van der Waals surface area contributed by atoms with Crippen molar-refractivity contribution in [2.45, 2.75) is 0 Å². The Kier molecular flexibility index (Phi) is 2.76. The molecular formula is C15H12N2O2. The van der Waals surface area contributed by atoms with Gasteiger partial charge in [0.2, 0.25) is 0 Å². The van der Waals surface area contributed by atoms with Crippen LogP contribution in [0.3, 0.4) is 0 Å². The Morgan fingerprint density at radius 3 is 2.53 bits per heavy atom. The summed E-state index contributed by atoms with van der Waals surface area (Å²) in [7, 11) is 1.61. The summed E-state index contributed by atoms with van der Waals surface area (Å²) in [6.45, 7) is 0. The lowest BCUT2D eigenvalue weighted by Crippen LogP contribution is -2.33. The lowest BCUT2D eigenvalue weighted by molar-refractivity contribution is -0.656. The van der Waals surface area contributed by atoms with Crippen molar-refractivity contribution in [1.82, 2.24) is 5.10 Å². The third kappa shape index (κ3) is 1.97. The first-order valence-corrected chi connectivity index (χ1v) is 5.91. The summed E-state index contributed by atoms with van der Waals surface area (Å²) >= 11 is 0. The molecule has 94 valence electrons. The van der Waals surface area contributed by atoms with E-state index in [0.29, 0.717) is 10.5 Å². The summed E-state index contributed by atoms with van der Waals surface area (Å²) in [5.74, 6) is 0.759. The third-order valence-corrected chi connectivity index (χ3v) is 3.07. The van der Waals surface area contributed by atoms with Gasteiger partial charge in [0.25, 0.3) is 5.69 Å². The van der Waals surface area contributed by atoms with Gasteiger partial charge in [-0.05, 0) is 35.2 Å². The van der Waals surface area contributed by atoms with Crippen LogP contribution in [0.25, 0.3) is 22.0 Å². The fourth-order valence-corrected chi connectivity index (χ4v) is 2.12. The number of methoxy groups -OCH3 is 1. The van der Waals surface area contributed by atoms with E-state index in [4.69, 9.17) is 4.74 Å². The van der Waals surface area contributed by atoms with Crippen LogP contribution in [-0.2, 0) is 0 Å². The van der Waals surface area contributed by atoms with E-state index in [-0.39, 0.29) is 0 Å². The number of aromatic nitrogens is 2. The summed E-state index contributed by atoms with van der Waals surface area (Å²) in [5, 5.41) is 17.7. The predicted molar refractivity (Wildman–Crippen MR) is 72.7 cm³/mol. The number of nitrogens with zero attached hydrogens (tertiary/aromatic N) is 2. The van der Waals surface area contributed by atoms with E-state index in [2.05, 4.69) is 5.10 Å². The van der Waals surface area contributed by atoms with Crippen LogP contribution in [-0.4, -0.2) is 12.2 Å². The van der Waals surface area contributed by atoms with Crippen LogP contribution < -0.4 is 9.58 Å². The van der Waals surface area contributed by atoms with E-state index < -0.39 is 0 Å². The molecular weight excluding hydrogens is 240 g/mol. The first kappa shape index (κ1) is 11.5. The summed E-state index contributed by atoms with van der Waals surface area (Å²) in [5.41, 5.74) is 1.38. The lowest BCUT2D eigenvalue weighted by Gasteiger charge is -2.06. The van der Waals surface area contributed by atoms with Gasteiger partial charge < -0.3 is 9.94 Å². The van der Waals surface area contributed by atoms with Crippen LogP contribution in [0.4, 0.5) is 0 Å². The summed E-state index contributed by atoms with van der Waals surface area (Å²) in [6, 6.07) is 15.1. The summed E-state index contributed by atoms with van der Waals surface area (Å²) < 4.78 is 5.12. The molecule has 0 radical (unpaired) electrons. The number of benzene rings is 2. The molecule has 0 fully saturated rings. The Morgan fingerprint density at radius 1 is 1.05 bits per heavy atom. The highest BCUT2D eigenvalue weighted by molar-refractivity contribution is 5.92. The number of hydrogen-bond acceptors (Lipinski definition) is 3. The fraction of sp³-hybridized carbons (Fsp3) is 0.0667. The molecule has 4 nitrogen and oxygen atoms in total. The average Bonchev–Trinajstić information content (AvgIpc) is 2.47. The van der Waals surface area contributed by atoms with Crippen molar-refractivity contribution in [3.63, 3.8) is 0 Å². The van der Waals surface area contributed by atoms with Gasteiger partial charge in [-0.25, -0.2) is 0 Å². The molecule has 0 saturated carbocycles. The fourth-order valence-electron chi connectivity index (χ4n) is 2.12. The molecule has 1 aromatic heterocycles. The van der Waals surface area contributed by atoms with Crippen LogP contribution in [0.1, 0.15) is 0 Å². The van der Waals surface area contributed by atoms with Gasteiger partial charge in [0.05, 0.1) is 18.1 Å². The molecule has 4 heteroatoms. The molecule has 0 saturated heterocycles. The highest BCUT2D eigenvalue weighted by Gasteiger charge is 2.15. The number of fused-ring (bicyclic) bond motifs is 1. The Balaban J connectivity index is 2.25. The van der Waals surface area contributed by atoms with Gasteiger partial charge in [0.15, 0.2) is 0 Å². The molecule has 1 heterocycles. The molecule has 0 amide bonds. The number of hydrogen-bond donors (Lipinski definition) is 0. The van der Waals surface area contributed by atoms with Crippen molar-refractivity contribution in [3.05, 3.63) is 59.9 Å². The van der Waals surface area contributed by atoms with Crippen molar-refractivity contribution in [1.29, 1.82) is 0 Å². The second-order valence-electron chi connectivity index (χ2n) is 4.18. The highest BCUT2D eigenvalue weighted by atomic mass is 16.5. The maximum atomic E-state index is 12.0. The van der Waals surface area contributed by atoms with E-state index in [1.165, 1.54) is 0 Å². The van der Waals surface area contributed by atoms with Gasteiger partial charge in [-0.2, -0.15) is 0 Å². The topological polar surface area (TPSA) is 49.1 Å². The Bertz CT molecular complexity index is 724. The smallest absolute Gasteiger partial charge is 0.259 e. The first-order chi connectivity index (χ1) is 9.29. The van der Waals surface area contributed by atoms with E-state index in [1.54, 1.807) is 13.3 Å². The molecule has 3 rings (SSSR count). The Labute approximate surface area is 110 Å². The van der Waals surface area contributed by atoms with Crippen LogP contribution in [0.2, 0.25) is 0 Å². The van der Waals surface area contributed by atoms with Crippen molar-refractivity contribution in [3.8, 4) is 17.0 Å². The zero-order chi connectivity index (χ0) is 13.2. The largest absolute Gasteiger partial charge is 0.594 e. The molecule has 0 aliphatic heterocycles. The van der Waals surface area contributed by atoms with Gasteiger partial charge in [0.1, 0.15) is 11.9 Å². The van der Waals surface area contributed by atoms with Crippen molar-refractivity contribution < 1.29 is 9.58 Å². The van der Waals surface area contributed by atoms with Gasteiger partial charge >= 0.3 is 0 Å². The van der Waals surface area contributed by atoms with E-state index in [1.807, 2.05) is 48.5 Å². The zero-order valence-electron chi connectivity index (χ0n) is 10.4. The van der Waals surface area contributed by atoms with Crippen molar-refractivity contribution in [2.24, 2.45) is 0 Å². The van der Waals surface area contributed by atoms with E-state index in [0.717, 1.165) is 22.1 Å². The molecule has 0 unspecified atom stereocenters. The SMILES string of the molecule is COc1ccc(-c2c3ccccc3cn[n+]2[O-])cc1. The minimum absolute atomic E-state index is 0.556. The molecule has 0 atom stereocenters. The standard InChI is InChI=1S/C15H12N2O2/c1-19-13-8-6-11(7-9-13)15-14-5-3-2-4-12(14)10-16-17(15)18/h2-10H,1H3. The minimum atomic E-state index is 0.556. The molecule has 0 aliphatic rings. The maximum Gasteiger partial charge on any atom is 0.259 e. The average molecular weight is 252 g/mol. The summed E-state index contributed by atoms with van der Waals surface area (Å²) in [4.78, 5) is 0.657. The molecule has 0 aliphatic carbocycles. The maximum absolute atomic E-state index is 12.0. The third-order valence-electron chi connectivity index (χ3n) is 3.07. The number of rotatable bonds is 2. The van der Waals surface area contributed by atoms with Crippen molar-refractivity contribution in [2.75, 3.05) is 7.11 Å². The predicted octanol–water partition coefficient (Wildman–Crippen LogP) is 2.54. The van der Waals surface area contributed by atoms with Crippen LogP contribution in [0.15, 0.2) is 54.7 Å². The molecule has 19 heavy (non-hydrogen) atoms. The normalized spacial score (nSPS) is 10.6. The second-order valence-corrected chi connectivity index (χ2v) is 4.18. The monoisotopic (exact) mass is 252 g/mol. The van der Waals surface area contributed by atoms with Gasteiger partial charge in [-0.1, -0.05) is 18.2 Å². The summed E-state index contributed by atoms with van der Waals surface area (Å²) in [6.07, 6.45) is 1.58. The van der Waals surface area contributed by atoms with Crippen molar-refractivity contribution >= 4 is 10.8 Å². The van der Waals surface area contributed by atoms with Crippen LogP contribution in [0, 0.1) is 5.21 Å². The van der Waals surface area contributed by atoms with Gasteiger partial charge in [0, 0.05) is 10.5 Å². The second kappa shape index (κ2) is 4.57. The molecule has 0 spiro atoms. The van der Waals surface area contributed by atoms with E-state index in [9.17, 15) is 5.21 Å². The number of ether oxygens (including phenoxy) is 1. The van der Waals surface area contributed by atoms with Gasteiger partial charge in [-0.15, -0.1) is 0 Å². The molecule has 3 aromatic rings. The quantitative estimate of drug-likeness (QED) is 0.520. The Hall–Kier alpha value is -2.62. The van der Waals surface area contributed by atoms with E-state index >= 15 is 0 Å². The molecule has 2 aromatic carbocycles. The lowest BCUT2D eigenvalue weighted by atomic mass is 10.1. The van der Waals surface area contributed by atoms with Crippen LogP contribution in [0.5, 0.6) is 5.75 Å². The van der Waals surface area contributed by atoms with Crippen LogP contribution >= 0.6 is 0 Å². The first-order valence-electron chi connectivity index (χ1n) is 5.91. The molecule has 0 bridgehead atoms. The highest BCUT2D eigenvalue weighted by Crippen LogP contribution is 2.25. The molecule has 0 N–H and O–H groups in total. The minimum Gasteiger partial charge on any atom is -0.594 e. The Morgan fingerprint density at radius 2 is 1.79 bits per heavy atom. The van der Waals surface area contributed by atoms with Gasteiger partial charge in [-0.3, -0.25) is 0 Å².